The van der Waals surface area contributed by atoms with Crippen LogP contribution in [0.2, 0.25) is 0 Å². The third-order valence-corrected chi connectivity index (χ3v) is 5.51. The van der Waals surface area contributed by atoms with Crippen LogP contribution in [-0.2, 0) is 17.9 Å². The molecule has 174 valence electrons. The Morgan fingerprint density at radius 2 is 1.40 bits per heavy atom. The molecule has 0 saturated carbocycles. The van der Waals surface area contributed by atoms with Crippen molar-refractivity contribution in [2.45, 2.75) is 13.2 Å². The van der Waals surface area contributed by atoms with E-state index in [-0.39, 0.29) is 24.3 Å². The summed E-state index contributed by atoms with van der Waals surface area (Å²) >= 11 is 0. The maximum atomic E-state index is 12.8. The number of hydrogen-bond acceptors (Lipinski definition) is 5. The summed E-state index contributed by atoms with van der Waals surface area (Å²) in [6.07, 6.45) is 0. The number of carbonyl (C=O) groups excluding carboxylic acids is 2. The first kappa shape index (κ1) is 22.0. The number of hydrogen-bond donors (Lipinski definition) is 2. The summed E-state index contributed by atoms with van der Waals surface area (Å²) in [7, 11) is 0. The quantitative estimate of drug-likeness (QED) is 0.292. The summed E-state index contributed by atoms with van der Waals surface area (Å²) in [5.41, 5.74) is 5.95. The van der Waals surface area contributed by atoms with Crippen molar-refractivity contribution in [3.05, 3.63) is 113 Å². The molecule has 0 aliphatic rings. The Morgan fingerprint density at radius 3 is 2.09 bits per heavy atom. The Bertz CT molecular complexity index is 1530. The van der Waals surface area contributed by atoms with Crippen LogP contribution in [0.15, 0.2) is 100 Å². The summed E-state index contributed by atoms with van der Waals surface area (Å²) in [6, 6.07) is 26.6. The van der Waals surface area contributed by atoms with Crippen LogP contribution in [0.4, 0.5) is 0 Å². The van der Waals surface area contributed by atoms with Crippen molar-refractivity contribution >= 4 is 33.6 Å². The molecule has 0 bridgehead atoms. The van der Waals surface area contributed by atoms with Gasteiger partial charge in [0.1, 0.15) is 24.7 Å². The van der Waals surface area contributed by atoms with Crippen molar-refractivity contribution in [1.82, 2.24) is 15.4 Å². The third kappa shape index (κ3) is 4.63. The van der Waals surface area contributed by atoms with Crippen molar-refractivity contribution in [2.24, 2.45) is 0 Å². The molecular formula is C27H21N3O5. The maximum Gasteiger partial charge on any atom is 0.305 e. The molecule has 8 heteroatoms. The number of pyridine rings is 1. The fourth-order valence-corrected chi connectivity index (χ4v) is 3.87. The monoisotopic (exact) mass is 467 g/mol. The van der Waals surface area contributed by atoms with E-state index in [1.165, 1.54) is 6.07 Å². The Hall–Kier alpha value is -4.85. The highest BCUT2D eigenvalue weighted by Gasteiger charge is 2.15. The number of para-hydroxylation sites is 3. The van der Waals surface area contributed by atoms with Crippen molar-refractivity contribution in [1.29, 1.82) is 0 Å². The zero-order chi connectivity index (χ0) is 24.2. The fraction of sp³-hybridized carbons (Fsp3) is 0.0741. The SMILES string of the molecule is O=C(Cn1c2ccccc2c(=O)c2ccccc21)NNC(=O)c1ccc(COc2ccccc2)o1. The maximum absolute atomic E-state index is 12.8. The number of fused-ring (bicyclic) bond motifs is 2. The molecule has 0 radical (unpaired) electrons. The highest BCUT2D eigenvalue weighted by molar-refractivity contribution is 5.96. The second-order valence-electron chi connectivity index (χ2n) is 7.82. The first-order valence-corrected chi connectivity index (χ1v) is 11.0. The molecule has 5 rings (SSSR count). The predicted octanol–water partition coefficient (Wildman–Crippen LogP) is 3.79. The second kappa shape index (κ2) is 9.56. The van der Waals surface area contributed by atoms with Crippen LogP contribution in [0.25, 0.3) is 21.8 Å². The average Bonchev–Trinajstić information content (AvgIpc) is 3.38. The van der Waals surface area contributed by atoms with Gasteiger partial charge < -0.3 is 13.7 Å². The second-order valence-corrected chi connectivity index (χ2v) is 7.82. The Labute approximate surface area is 199 Å². The van der Waals surface area contributed by atoms with Crippen molar-refractivity contribution in [3.63, 3.8) is 0 Å². The number of hydrazine groups is 1. The summed E-state index contributed by atoms with van der Waals surface area (Å²) < 4.78 is 12.9. The first-order valence-electron chi connectivity index (χ1n) is 11.0. The van der Waals surface area contributed by atoms with Crippen molar-refractivity contribution in [2.75, 3.05) is 0 Å². The predicted molar refractivity (Wildman–Crippen MR) is 131 cm³/mol. The van der Waals surface area contributed by atoms with Gasteiger partial charge in [-0.25, -0.2) is 0 Å². The molecule has 0 atom stereocenters. The Balaban J connectivity index is 1.26. The van der Waals surface area contributed by atoms with E-state index >= 15 is 0 Å². The topological polar surface area (TPSA) is 103 Å². The zero-order valence-corrected chi connectivity index (χ0v) is 18.6. The number of nitrogens with one attached hydrogen (secondary N) is 2. The number of amides is 2. The van der Waals surface area contributed by atoms with E-state index in [4.69, 9.17) is 9.15 Å². The minimum atomic E-state index is -0.598. The average molecular weight is 467 g/mol. The lowest BCUT2D eigenvalue weighted by Gasteiger charge is -2.15. The van der Waals surface area contributed by atoms with Crippen LogP contribution in [0, 0.1) is 0 Å². The molecule has 35 heavy (non-hydrogen) atoms. The van der Waals surface area contributed by atoms with Gasteiger partial charge in [-0.1, -0.05) is 42.5 Å². The molecule has 0 unspecified atom stereocenters. The van der Waals surface area contributed by atoms with Gasteiger partial charge in [0.05, 0.1) is 11.0 Å². The van der Waals surface area contributed by atoms with E-state index < -0.39 is 11.8 Å². The molecular weight excluding hydrogens is 446 g/mol. The lowest BCUT2D eigenvalue weighted by Crippen LogP contribution is -2.43. The van der Waals surface area contributed by atoms with Crippen LogP contribution in [0.1, 0.15) is 16.3 Å². The normalized spacial score (nSPS) is 10.9. The first-order chi connectivity index (χ1) is 17.1. The van der Waals surface area contributed by atoms with E-state index in [0.29, 0.717) is 33.3 Å². The van der Waals surface area contributed by atoms with Gasteiger partial charge in [-0.15, -0.1) is 0 Å². The van der Waals surface area contributed by atoms with Crippen molar-refractivity contribution in [3.8, 4) is 5.75 Å². The molecule has 5 aromatic rings. The standard InChI is InChI=1S/C27H21N3O5/c31-25(16-30-22-12-6-4-10-20(22)26(32)21-11-5-7-13-23(21)30)28-29-27(33)24-15-14-19(35-24)17-34-18-8-2-1-3-9-18/h1-15H,16-17H2,(H,28,31)(H,29,33). The number of aromatic nitrogens is 1. The number of ether oxygens (including phenoxy) is 1. The summed E-state index contributed by atoms with van der Waals surface area (Å²) in [6.45, 7) is 0.0616. The van der Waals surface area contributed by atoms with Crippen LogP contribution in [0.5, 0.6) is 5.75 Å². The van der Waals surface area contributed by atoms with Gasteiger partial charge in [-0.3, -0.25) is 25.2 Å². The van der Waals surface area contributed by atoms with Gasteiger partial charge in [0.2, 0.25) is 0 Å². The number of nitrogens with zero attached hydrogens (tertiary/aromatic N) is 1. The number of furan rings is 1. The highest BCUT2D eigenvalue weighted by atomic mass is 16.5. The van der Waals surface area contributed by atoms with Crippen LogP contribution < -0.4 is 21.0 Å². The van der Waals surface area contributed by atoms with E-state index in [9.17, 15) is 14.4 Å². The molecule has 0 aliphatic carbocycles. The van der Waals surface area contributed by atoms with E-state index in [0.717, 1.165) is 0 Å². The lowest BCUT2D eigenvalue weighted by molar-refractivity contribution is -0.122. The van der Waals surface area contributed by atoms with Gasteiger partial charge in [0.25, 0.3) is 5.91 Å². The van der Waals surface area contributed by atoms with E-state index in [1.54, 1.807) is 47.0 Å². The largest absolute Gasteiger partial charge is 0.486 e. The summed E-state index contributed by atoms with van der Waals surface area (Å²) in [4.78, 5) is 38.0. The molecule has 3 aromatic carbocycles. The van der Waals surface area contributed by atoms with Gasteiger partial charge >= 0.3 is 5.91 Å². The molecule has 2 N–H and O–H groups in total. The summed E-state index contributed by atoms with van der Waals surface area (Å²) in [5.74, 6) is 0.132. The van der Waals surface area contributed by atoms with Gasteiger partial charge in [-0.2, -0.15) is 0 Å². The molecule has 2 amide bonds. The van der Waals surface area contributed by atoms with Gasteiger partial charge in [0.15, 0.2) is 11.2 Å². The fourth-order valence-electron chi connectivity index (χ4n) is 3.87. The molecule has 8 nitrogen and oxygen atoms in total. The van der Waals surface area contributed by atoms with E-state index in [1.807, 2.05) is 42.5 Å². The minimum absolute atomic E-state index is 0.0382. The molecule has 0 fully saturated rings. The Kier molecular flexibility index (Phi) is 6.00. The number of rotatable bonds is 6. The van der Waals surface area contributed by atoms with Crippen LogP contribution >= 0.6 is 0 Å². The highest BCUT2D eigenvalue weighted by Crippen LogP contribution is 2.19. The van der Waals surface area contributed by atoms with Crippen LogP contribution in [0.3, 0.4) is 0 Å². The molecule has 0 spiro atoms. The van der Waals surface area contributed by atoms with Crippen molar-refractivity contribution < 1.29 is 18.7 Å². The lowest BCUT2D eigenvalue weighted by atomic mass is 10.1. The molecule has 0 saturated heterocycles. The Morgan fingerprint density at radius 1 is 0.771 bits per heavy atom. The number of benzene rings is 3. The zero-order valence-electron chi connectivity index (χ0n) is 18.6. The smallest absolute Gasteiger partial charge is 0.305 e. The molecule has 2 heterocycles. The number of carbonyl (C=O) groups is 2. The minimum Gasteiger partial charge on any atom is -0.486 e. The van der Waals surface area contributed by atoms with Gasteiger partial charge in [0, 0.05) is 10.8 Å². The molecule has 2 aromatic heterocycles. The van der Waals surface area contributed by atoms with Gasteiger partial charge in [-0.05, 0) is 48.5 Å². The third-order valence-electron chi connectivity index (χ3n) is 5.51. The summed E-state index contributed by atoms with van der Waals surface area (Å²) in [5, 5.41) is 1.03. The molecule has 0 aliphatic heterocycles. The van der Waals surface area contributed by atoms with E-state index in [2.05, 4.69) is 10.9 Å². The van der Waals surface area contributed by atoms with Crippen LogP contribution in [-0.4, -0.2) is 16.4 Å².